The maximum atomic E-state index is 12.8. The van der Waals surface area contributed by atoms with E-state index in [4.69, 9.17) is 0 Å². The van der Waals surface area contributed by atoms with Crippen molar-refractivity contribution < 1.29 is 18.3 Å². The van der Waals surface area contributed by atoms with Gasteiger partial charge in [-0.3, -0.25) is 0 Å². The number of aromatic nitrogens is 4. The highest BCUT2D eigenvalue weighted by Crippen LogP contribution is 2.30. The molecule has 3 aromatic rings. The van der Waals surface area contributed by atoms with E-state index in [2.05, 4.69) is 20.7 Å². The predicted molar refractivity (Wildman–Crippen MR) is 99.9 cm³/mol. The smallest absolute Gasteiger partial charge is 0.386 e. The third-order valence-electron chi connectivity index (χ3n) is 5.04. The van der Waals surface area contributed by atoms with Gasteiger partial charge in [-0.05, 0) is 47.9 Å². The van der Waals surface area contributed by atoms with Crippen LogP contribution in [0.15, 0.2) is 48.5 Å². The van der Waals surface area contributed by atoms with Crippen LogP contribution in [0.4, 0.5) is 13.2 Å². The first-order valence-corrected chi connectivity index (χ1v) is 9.28. The van der Waals surface area contributed by atoms with Gasteiger partial charge in [-0.25, -0.2) is 0 Å². The SMILES string of the molecule is OC1(Cn2nnc(-c3ccccc3Cc3ccc(C(F)(F)F)cc3)n2)CCNC1. The number of nitrogens with zero attached hydrogens (tertiary/aromatic N) is 4. The minimum absolute atomic E-state index is 0.244. The van der Waals surface area contributed by atoms with Crippen LogP contribution in [0.3, 0.4) is 0 Å². The first-order valence-electron chi connectivity index (χ1n) is 9.28. The number of alkyl halides is 3. The zero-order chi connectivity index (χ0) is 20.5. The Balaban J connectivity index is 1.54. The van der Waals surface area contributed by atoms with E-state index in [-0.39, 0.29) is 6.54 Å². The molecule has 29 heavy (non-hydrogen) atoms. The lowest BCUT2D eigenvalue weighted by Crippen LogP contribution is -2.37. The molecule has 0 spiro atoms. The standard InChI is InChI=1S/C20H20F3N5O/c21-20(22,23)16-7-5-14(6-8-16)11-15-3-1-2-4-17(15)18-25-27-28(26-18)13-19(29)9-10-24-12-19/h1-8,24,29H,9-13H2. The van der Waals surface area contributed by atoms with E-state index >= 15 is 0 Å². The number of benzene rings is 2. The Hall–Kier alpha value is -2.78. The topological polar surface area (TPSA) is 75.9 Å². The molecule has 1 atom stereocenters. The highest BCUT2D eigenvalue weighted by molar-refractivity contribution is 5.60. The molecular formula is C20H20F3N5O. The fourth-order valence-corrected chi connectivity index (χ4v) is 3.47. The van der Waals surface area contributed by atoms with Crippen molar-refractivity contribution in [3.8, 4) is 11.4 Å². The number of hydrogen-bond donors (Lipinski definition) is 2. The van der Waals surface area contributed by atoms with Gasteiger partial charge in [0.25, 0.3) is 0 Å². The van der Waals surface area contributed by atoms with Crippen molar-refractivity contribution in [2.24, 2.45) is 0 Å². The van der Waals surface area contributed by atoms with Crippen LogP contribution >= 0.6 is 0 Å². The number of β-amino-alcohol motifs (C(OH)–C–C–N with tert-alkyl or cyclic N) is 1. The van der Waals surface area contributed by atoms with E-state index in [9.17, 15) is 18.3 Å². The molecule has 0 amide bonds. The number of tetrazole rings is 1. The zero-order valence-corrected chi connectivity index (χ0v) is 15.5. The van der Waals surface area contributed by atoms with Gasteiger partial charge in [0.05, 0.1) is 17.7 Å². The molecule has 2 N–H and O–H groups in total. The fourth-order valence-electron chi connectivity index (χ4n) is 3.47. The maximum absolute atomic E-state index is 12.8. The monoisotopic (exact) mass is 403 g/mol. The van der Waals surface area contributed by atoms with E-state index < -0.39 is 17.3 Å². The number of aliphatic hydroxyl groups is 1. The molecular weight excluding hydrogens is 383 g/mol. The van der Waals surface area contributed by atoms with E-state index in [1.807, 2.05) is 24.3 Å². The van der Waals surface area contributed by atoms with Crippen molar-refractivity contribution in [1.82, 2.24) is 25.5 Å². The third kappa shape index (κ3) is 4.46. The van der Waals surface area contributed by atoms with Crippen LogP contribution in [0.25, 0.3) is 11.4 Å². The Kier molecular flexibility index (Phi) is 5.10. The minimum atomic E-state index is -4.35. The molecule has 1 unspecified atom stereocenters. The van der Waals surface area contributed by atoms with Gasteiger partial charge in [-0.1, -0.05) is 36.4 Å². The second kappa shape index (κ2) is 7.57. The van der Waals surface area contributed by atoms with Crippen molar-refractivity contribution in [2.45, 2.75) is 31.2 Å². The van der Waals surface area contributed by atoms with Gasteiger partial charge in [0.2, 0.25) is 5.82 Å². The van der Waals surface area contributed by atoms with Crippen LogP contribution < -0.4 is 5.32 Å². The summed E-state index contributed by atoms with van der Waals surface area (Å²) < 4.78 is 38.3. The van der Waals surface area contributed by atoms with Crippen LogP contribution in [-0.4, -0.2) is 44.0 Å². The van der Waals surface area contributed by atoms with Gasteiger partial charge in [-0.2, -0.15) is 18.0 Å². The third-order valence-corrected chi connectivity index (χ3v) is 5.04. The van der Waals surface area contributed by atoms with Gasteiger partial charge in [0, 0.05) is 12.1 Å². The zero-order valence-electron chi connectivity index (χ0n) is 15.5. The van der Waals surface area contributed by atoms with Gasteiger partial charge in [0.15, 0.2) is 0 Å². The summed E-state index contributed by atoms with van der Waals surface area (Å²) in [7, 11) is 0. The van der Waals surface area contributed by atoms with E-state index in [0.717, 1.165) is 35.4 Å². The molecule has 0 bridgehead atoms. The quantitative estimate of drug-likeness (QED) is 0.685. The average Bonchev–Trinajstić information content (AvgIpc) is 3.31. The molecule has 1 aliphatic heterocycles. The predicted octanol–water partition coefficient (Wildman–Crippen LogP) is 2.67. The molecule has 2 aromatic carbocycles. The number of hydrogen-bond acceptors (Lipinski definition) is 5. The summed E-state index contributed by atoms with van der Waals surface area (Å²) in [6, 6.07) is 12.6. The first-order chi connectivity index (χ1) is 13.8. The van der Waals surface area contributed by atoms with Crippen molar-refractivity contribution in [3.63, 3.8) is 0 Å². The van der Waals surface area contributed by atoms with E-state index in [1.54, 1.807) is 0 Å². The first kappa shape index (κ1) is 19.5. The molecule has 1 saturated heterocycles. The van der Waals surface area contributed by atoms with Crippen molar-refractivity contribution in [2.75, 3.05) is 13.1 Å². The Morgan fingerprint density at radius 2 is 1.86 bits per heavy atom. The average molecular weight is 403 g/mol. The highest BCUT2D eigenvalue weighted by atomic mass is 19.4. The van der Waals surface area contributed by atoms with Gasteiger partial charge < -0.3 is 10.4 Å². The van der Waals surface area contributed by atoms with Crippen LogP contribution in [-0.2, 0) is 19.1 Å². The molecule has 152 valence electrons. The Labute approximate surface area is 165 Å². The highest BCUT2D eigenvalue weighted by Gasteiger charge is 2.32. The largest absolute Gasteiger partial charge is 0.416 e. The Morgan fingerprint density at radius 3 is 2.55 bits per heavy atom. The molecule has 9 heteroatoms. The molecule has 2 heterocycles. The summed E-state index contributed by atoms with van der Waals surface area (Å²) in [4.78, 5) is 1.39. The molecule has 0 radical (unpaired) electrons. The number of halogens is 3. The summed E-state index contributed by atoms with van der Waals surface area (Å²) in [5.41, 5.74) is 0.837. The second-order valence-electron chi connectivity index (χ2n) is 7.32. The van der Waals surface area contributed by atoms with Crippen molar-refractivity contribution in [1.29, 1.82) is 0 Å². The maximum Gasteiger partial charge on any atom is 0.416 e. The van der Waals surface area contributed by atoms with Gasteiger partial charge in [-0.15, -0.1) is 10.2 Å². The van der Waals surface area contributed by atoms with Crippen molar-refractivity contribution >= 4 is 0 Å². The molecule has 4 rings (SSSR count). The second-order valence-corrected chi connectivity index (χ2v) is 7.32. The molecule has 0 aliphatic carbocycles. The number of rotatable bonds is 5. The van der Waals surface area contributed by atoms with E-state index in [1.165, 1.54) is 16.9 Å². The number of nitrogens with one attached hydrogen (secondary N) is 1. The molecule has 1 aliphatic rings. The van der Waals surface area contributed by atoms with Crippen molar-refractivity contribution in [3.05, 3.63) is 65.2 Å². The lowest BCUT2D eigenvalue weighted by atomic mass is 9.98. The van der Waals surface area contributed by atoms with Gasteiger partial charge in [0.1, 0.15) is 0 Å². The fraction of sp³-hybridized carbons (Fsp3) is 0.350. The van der Waals surface area contributed by atoms with E-state index in [0.29, 0.717) is 25.2 Å². The lowest BCUT2D eigenvalue weighted by molar-refractivity contribution is -0.137. The van der Waals surface area contributed by atoms with Crippen LogP contribution in [0.5, 0.6) is 0 Å². The summed E-state index contributed by atoms with van der Waals surface area (Å²) in [6.07, 6.45) is -3.29. The normalized spacial score (nSPS) is 19.6. The lowest BCUT2D eigenvalue weighted by Gasteiger charge is -2.19. The summed E-state index contributed by atoms with van der Waals surface area (Å²) in [5, 5.41) is 26.2. The van der Waals surface area contributed by atoms with Crippen LogP contribution in [0.2, 0.25) is 0 Å². The summed E-state index contributed by atoms with van der Waals surface area (Å²) in [5.74, 6) is 0.419. The summed E-state index contributed by atoms with van der Waals surface area (Å²) >= 11 is 0. The Bertz CT molecular complexity index is 978. The Morgan fingerprint density at radius 1 is 1.10 bits per heavy atom. The summed E-state index contributed by atoms with van der Waals surface area (Å²) in [6.45, 7) is 1.47. The molecule has 1 aromatic heterocycles. The van der Waals surface area contributed by atoms with Crippen LogP contribution in [0.1, 0.15) is 23.1 Å². The molecule has 1 fully saturated rings. The molecule has 0 saturated carbocycles. The molecule has 6 nitrogen and oxygen atoms in total. The van der Waals surface area contributed by atoms with Crippen LogP contribution in [0, 0.1) is 0 Å². The minimum Gasteiger partial charge on any atom is -0.386 e. The van der Waals surface area contributed by atoms with Gasteiger partial charge >= 0.3 is 6.18 Å².